The summed E-state index contributed by atoms with van der Waals surface area (Å²) in [6, 6.07) is 10.1. The Morgan fingerprint density at radius 3 is 2.63 bits per heavy atom. The van der Waals surface area contributed by atoms with Crippen LogP contribution in [-0.4, -0.2) is 31.3 Å². The van der Waals surface area contributed by atoms with Crippen LogP contribution < -0.4 is 0 Å². The molecule has 1 fully saturated rings. The first kappa shape index (κ1) is 21.9. The first-order chi connectivity index (χ1) is 13.2. The summed E-state index contributed by atoms with van der Waals surface area (Å²) in [6.45, 7) is 4.89. The van der Waals surface area contributed by atoms with Crippen molar-refractivity contribution >= 4 is 5.97 Å². The predicted molar refractivity (Wildman–Crippen MR) is 104 cm³/mol. The zero-order valence-corrected chi connectivity index (χ0v) is 16.7. The normalized spacial score (nSPS) is 22.5. The number of carbonyl (C=O) groups is 1. The van der Waals surface area contributed by atoms with Gasteiger partial charge in [-0.15, -0.1) is 0 Å². The second-order valence-electron chi connectivity index (χ2n) is 7.13. The predicted octanol–water partition coefficient (Wildman–Crippen LogP) is 4.97. The maximum atomic E-state index is 11.3. The van der Waals surface area contributed by atoms with E-state index in [9.17, 15) is 4.79 Å². The van der Waals surface area contributed by atoms with E-state index >= 15 is 0 Å². The third-order valence-electron chi connectivity index (χ3n) is 4.62. The zero-order valence-electron chi connectivity index (χ0n) is 16.7. The van der Waals surface area contributed by atoms with Crippen molar-refractivity contribution < 1.29 is 23.7 Å². The van der Waals surface area contributed by atoms with Crippen molar-refractivity contribution in [1.82, 2.24) is 0 Å². The fourth-order valence-electron chi connectivity index (χ4n) is 3.24. The lowest BCUT2D eigenvalue weighted by atomic mass is 10.1. The highest BCUT2D eigenvalue weighted by molar-refractivity contribution is 5.66. The average molecular weight is 379 g/mol. The summed E-state index contributed by atoms with van der Waals surface area (Å²) in [5, 5.41) is 0. The van der Waals surface area contributed by atoms with Gasteiger partial charge in [0.15, 0.2) is 6.29 Å². The van der Waals surface area contributed by atoms with E-state index in [2.05, 4.69) is 19.1 Å². The molecule has 0 amide bonds. The summed E-state index contributed by atoms with van der Waals surface area (Å²) >= 11 is 0. The van der Waals surface area contributed by atoms with Crippen LogP contribution in [0.5, 0.6) is 0 Å². The van der Waals surface area contributed by atoms with Crippen LogP contribution >= 0.6 is 0 Å². The van der Waals surface area contributed by atoms with Crippen molar-refractivity contribution in [3.05, 3.63) is 35.9 Å². The molecule has 2 rings (SSSR count). The largest absolute Gasteiger partial charge is 0.436 e. The first-order valence-electron chi connectivity index (χ1n) is 10.3. The molecule has 0 N–H and O–H groups in total. The Hall–Kier alpha value is -1.43. The van der Waals surface area contributed by atoms with Crippen molar-refractivity contribution in [2.24, 2.45) is 0 Å². The van der Waals surface area contributed by atoms with Crippen molar-refractivity contribution in [2.75, 3.05) is 6.61 Å². The lowest BCUT2D eigenvalue weighted by Gasteiger charge is -2.35. The van der Waals surface area contributed by atoms with Gasteiger partial charge in [0.1, 0.15) is 0 Å². The smallest absolute Gasteiger partial charge is 0.304 e. The SMILES string of the molecule is CCCCCC[C@@H]1C[C@H](OC(C)=O)O[C@H](CCCOCc2ccccc2)O1. The molecular weight excluding hydrogens is 344 g/mol. The third-order valence-corrected chi connectivity index (χ3v) is 4.62. The van der Waals surface area contributed by atoms with Crippen molar-refractivity contribution in [1.29, 1.82) is 0 Å². The highest BCUT2D eigenvalue weighted by Gasteiger charge is 2.31. The van der Waals surface area contributed by atoms with Crippen molar-refractivity contribution in [3.8, 4) is 0 Å². The maximum absolute atomic E-state index is 11.3. The number of hydrogen-bond donors (Lipinski definition) is 0. The number of esters is 1. The number of rotatable bonds is 12. The molecule has 0 bridgehead atoms. The Labute approximate surface area is 163 Å². The molecular formula is C22H34O5. The van der Waals surface area contributed by atoms with Gasteiger partial charge in [-0.05, 0) is 18.4 Å². The van der Waals surface area contributed by atoms with Gasteiger partial charge < -0.3 is 18.9 Å². The molecule has 0 unspecified atom stereocenters. The molecule has 1 aliphatic heterocycles. The summed E-state index contributed by atoms with van der Waals surface area (Å²) in [7, 11) is 0. The van der Waals surface area contributed by atoms with Crippen LogP contribution in [0.25, 0.3) is 0 Å². The molecule has 0 aliphatic carbocycles. The van der Waals surface area contributed by atoms with Crippen LogP contribution in [0, 0.1) is 0 Å². The molecule has 3 atom stereocenters. The third kappa shape index (κ3) is 9.36. The molecule has 1 aromatic rings. The van der Waals surface area contributed by atoms with Crippen LogP contribution in [-0.2, 0) is 30.3 Å². The van der Waals surface area contributed by atoms with Crippen molar-refractivity contribution in [3.63, 3.8) is 0 Å². The van der Waals surface area contributed by atoms with E-state index < -0.39 is 6.29 Å². The minimum atomic E-state index is -0.498. The molecule has 27 heavy (non-hydrogen) atoms. The van der Waals surface area contributed by atoms with Crippen LogP contribution in [0.2, 0.25) is 0 Å². The van der Waals surface area contributed by atoms with E-state index in [0.29, 0.717) is 19.6 Å². The molecule has 5 nitrogen and oxygen atoms in total. The van der Waals surface area contributed by atoms with Crippen LogP contribution in [0.15, 0.2) is 30.3 Å². The van der Waals surface area contributed by atoms with Crippen molar-refractivity contribution in [2.45, 2.75) is 90.5 Å². The summed E-state index contributed by atoms with van der Waals surface area (Å²) in [6.07, 6.45) is 7.26. The molecule has 0 spiro atoms. The highest BCUT2D eigenvalue weighted by Crippen LogP contribution is 2.26. The van der Waals surface area contributed by atoms with Gasteiger partial charge in [0, 0.05) is 26.4 Å². The van der Waals surface area contributed by atoms with Gasteiger partial charge in [-0.3, -0.25) is 4.79 Å². The Morgan fingerprint density at radius 2 is 1.89 bits per heavy atom. The monoisotopic (exact) mass is 378 g/mol. The molecule has 1 aliphatic rings. The summed E-state index contributed by atoms with van der Waals surface area (Å²) in [5.41, 5.74) is 1.17. The number of hydrogen-bond acceptors (Lipinski definition) is 5. The Balaban J connectivity index is 1.69. The van der Waals surface area contributed by atoms with Gasteiger partial charge in [0.2, 0.25) is 6.29 Å². The first-order valence-corrected chi connectivity index (χ1v) is 10.3. The van der Waals surface area contributed by atoms with Crippen LogP contribution in [0.1, 0.15) is 70.8 Å². The average Bonchev–Trinajstić information content (AvgIpc) is 2.65. The molecule has 1 heterocycles. The standard InChI is InChI=1S/C22H34O5/c1-3-4-5-9-13-20-16-22(25-18(2)23)27-21(26-20)14-10-15-24-17-19-11-7-6-8-12-19/h6-8,11-12,20-22H,3-5,9-10,13-17H2,1-2H3/t20-,21-,22-/m1/s1. The quantitative estimate of drug-likeness (QED) is 0.379. The Morgan fingerprint density at radius 1 is 1.07 bits per heavy atom. The maximum Gasteiger partial charge on any atom is 0.304 e. The lowest BCUT2D eigenvalue weighted by molar-refractivity contribution is -0.300. The Kier molecular flexibility index (Phi) is 10.4. The van der Waals surface area contributed by atoms with Gasteiger partial charge in [-0.25, -0.2) is 0 Å². The van der Waals surface area contributed by atoms with E-state index in [0.717, 1.165) is 25.7 Å². The molecule has 0 aromatic heterocycles. The number of ether oxygens (including phenoxy) is 4. The number of carbonyl (C=O) groups excluding carboxylic acids is 1. The number of unbranched alkanes of at least 4 members (excludes halogenated alkanes) is 3. The lowest BCUT2D eigenvalue weighted by Crippen LogP contribution is -2.40. The van der Waals surface area contributed by atoms with Gasteiger partial charge in [-0.2, -0.15) is 0 Å². The van der Waals surface area contributed by atoms with E-state index in [-0.39, 0.29) is 18.4 Å². The molecule has 1 saturated heterocycles. The highest BCUT2D eigenvalue weighted by atomic mass is 16.8. The van der Waals surface area contributed by atoms with E-state index in [1.807, 2.05) is 18.2 Å². The van der Waals surface area contributed by atoms with Gasteiger partial charge in [-0.1, -0.05) is 62.9 Å². The minimum absolute atomic E-state index is 0.0928. The zero-order chi connectivity index (χ0) is 19.3. The van der Waals surface area contributed by atoms with Gasteiger partial charge in [0.25, 0.3) is 0 Å². The van der Waals surface area contributed by atoms with E-state index in [4.69, 9.17) is 18.9 Å². The number of benzene rings is 1. The molecule has 1 aromatic carbocycles. The second-order valence-corrected chi connectivity index (χ2v) is 7.13. The Bertz CT molecular complexity index is 519. The molecule has 0 radical (unpaired) electrons. The minimum Gasteiger partial charge on any atom is -0.436 e. The van der Waals surface area contributed by atoms with Crippen LogP contribution in [0.4, 0.5) is 0 Å². The summed E-state index contributed by atoms with van der Waals surface area (Å²) in [5.74, 6) is -0.309. The molecule has 5 heteroatoms. The molecule has 0 saturated carbocycles. The van der Waals surface area contributed by atoms with E-state index in [1.54, 1.807) is 0 Å². The topological polar surface area (TPSA) is 54.0 Å². The van der Waals surface area contributed by atoms with E-state index in [1.165, 1.54) is 31.7 Å². The summed E-state index contributed by atoms with van der Waals surface area (Å²) < 4.78 is 22.9. The van der Waals surface area contributed by atoms with Gasteiger partial charge in [0.05, 0.1) is 12.7 Å². The van der Waals surface area contributed by atoms with Crippen LogP contribution in [0.3, 0.4) is 0 Å². The van der Waals surface area contributed by atoms with Gasteiger partial charge >= 0.3 is 5.97 Å². The fraction of sp³-hybridized carbons (Fsp3) is 0.682. The fourth-order valence-corrected chi connectivity index (χ4v) is 3.24. The molecule has 152 valence electrons. The second kappa shape index (κ2) is 12.9. The summed E-state index contributed by atoms with van der Waals surface area (Å²) in [4.78, 5) is 11.3.